The smallest absolute Gasteiger partial charge is 0.127 e. The van der Waals surface area contributed by atoms with E-state index in [-0.39, 0.29) is 12.6 Å². The second-order valence-corrected chi connectivity index (χ2v) is 3.16. The molecule has 1 aliphatic rings. The monoisotopic (exact) mass is 160 g/mol. The number of alkyl halides is 1. The minimum atomic E-state index is -0.854. The van der Waals surface area contributed by atoms with Gasteiger partial charge in [0, 0.05) is 12.6 Å². The first kappa shape index (κ1) is 8.94. The molecular formula is C8H17FN2. The first-order valence-electron chi connectivity index (χ1n) is 4.42. The van der Waals surface area contributed by atoms with E-state index in [2.05, 4.69) is 5.32 Å². The van der Waals surface area contributed by atoms with Crippen LogP contribution in [-0.2, 0) is 0 Å². The van der Waals surface area contributed by atoms with E-state index in [0.717, 1.165) is 19.4 Å². The highest BCUT2D eigenvalue weighted by molar-refractivity contribution is 4.78. The van der Waals surface area contributed by atoms with Crippen LogP contribution < -0.4 is 11.1 Å². The topological polar surface area (TPSA) is 38.0 Å². The van der Waals surface area contributed by atoms with E-state index in [1.54, 1.807) is 0 Å². The van der Waals surface area contributed by atoms with Crippen molar-refractivity contribution in [2.45, 2.75) is 37.9 Å². The molecular weight excluding hydrogens is 143 g/mol. The Bertz CT molecular complexity index is 100. The average Bonchev–Trinajstić information content (AvgIpc) is 2.30. The summed E-state index contributed by atoms with van der Waals surface area (Å²) >= 11 is 0. The van der Waals surface area contributed by atoms with Gasteiger partial charge >= 0.3 is 0 Å². The van der Waals surface area contributed by atoms with Gasteiger partial charge in [0.05, 0.1) is 0 Å². The second kappa shape index (κ2) is 4.67. The lowest BCUT2D eigenvalue weighted by atomic mass is 10.1. The Labute approximate surface area is 67.3 Å². The lowest BCUT2D eigenvalue weighted by Gasteiger charge is -2.18. The SMILES string of the molecule is NCC(F)C1CCCCCN1. The molecule has 11 heavy (non-hydrogen) atoms. The van der Waals surface area contributed by atoms with E-state index in [9.17, 15) is 4.39 Å². The number of rotatable bonds is 2. The summed E-state index contributed by atoms with van der Waals surface area (Å²) in [6.07, 6.45) is 3.62. The maximum atomic E-state index is 13.0. The Morgan fingerprint density at radius 3 is 3.00 bits per heavy atom. The van der Waals surface area contributed by atoms with Crippen molar-refractivity contribution < 1.29 is 4.39 Å². The van der Waals surface area contributed by atoms with Crippen LogP contribution in [0.2, 0.25) is 0 Å². The highest BCUT2D eigenvalue weighted by Gasteiger charge is 2.19. The Balaban J connectivity index is 2.30. The van der Waals surface area contributed by atoms with Gasteiger partial charge in [-0.15, -0.1) is 0 Å². The minimum Gasteiger partial charge on any atom is -0.328 e. The minimum absolute atomic E-state index is 0.0162. The van der Waals surface area contributed by atoms with Gasteiger partial charge in [-0.05, 0) is 19.4 Å². The summed E-state index contributed by atoms with van der Waals surface area (Å²) in [4.78, 5) is 0. The predicted octanol–water partition coefficient (Wildman–Crippen LogP) is 0.815. The fraction of sp³-hybridized carbons (Fsp3) is 1.00. The Kier molecular flexibility index (Phi) is 3.80. The molecule has 0 aliphatic carbocycles. The quantitative estimate of drug-likeness (QED) is 0.627. The summed E-state index contributed by atoms with van der Waals surface area (Å²) in [5.41, 5.74) is 5.24. The molecule has 66 valence electrons. The van der Waals surface area contributed by atoms with Gasteiger partial charge in [-0.3, -0.25) is 0 Å². The van der Waals surface area contributed by atoms with Crippen molar-refractivity contribution in [3.8, 4) is 0 Å². The Morgan fingerprint density at radius 1 is 1.45 bits per heavy atom. The van der Waals surface area contributed by atoms with Gasteiger partial charge in [0.2, 0.25) is 0 Å². The van der Waals surface area contributed by atoms with Crippen LogP contribution in [0.25, 0.3) is 0 Å². The number of nitrogens with one attached hydrogen (secondary N) is 1. The van der Waals surface area contributed by atoms with Gasteiger partial charge in [0.15, 0.2) is 0 Å². The van der Waals surface area contributed by atoms with Crippen LogP contribution in [-0.4, -0.2) is 25.3 Å². The molecule has 0 radical (unpaired) electrons. The molecule has 1 saturated heterocycles. The van der Waals surface area contributed by atoms with E-state index in [4.69, 9.17) is 5.73 Å². The molecule has 3 heteroatoms. The molecule has 2 nitrogen and oxygen atoms in total. The summed E-state index contributed by atoms with van der Waals surface area (Å²) in [5, 5.41) is 3.18. The third-order valence-electron chi connectivity index (χ3n) is 2.26. The van der Waals surface area contributed by atoms with Crippen molar-refractivity contribution in [3.63, 3.8) is 0 Å². The third kappa shape index (κ3) is 2.75. The zero-order valence-corrected chi connectivity index (χ0v) is 6.85. The van der Waals surface area contributed by atoms with Gasteiger partial charge in [0.1, 0.15) is 6.17 Å². The molecule has 1 aliphatic heterocycles. The third-order valence-corrected chi connectivity index (χ3v) is 2.26. The number of hydrogen-bond donors (Lipinski definition) is 2. The highest BCUT2D eigenvalue weighted by Crippen LogP contribution is 2.12. The summed E-state index contributed by atoms with van der Waals surface area (Å²) in [6.45, 7) is 1.10. The molecule has 3 N–H and O–H groups in total. The zero-order chi connectivity index (χ0) is 8.10. The van der Waals surface area contributed by atoms with Gasteiger partial charge in [-0.2, -0.15) is 0 Å². The maximum absolute atomic E-state index is 13.0. The van der Waals surface area contributed by atoms with Crippen molar-refractivity contribution in [3.05, 3.63) is 0 Å². The van der Waals surface area contributed by atoms with Crippen LogP contribution in [0.3, 0.4) is 0 Å². The maximum Gasteiger partial charge on any atom is 0.127 e. The first-order valence-corrected chi connectivity index (χ1v) is 4.42. The van der Waals surface area contributed by atoms with Crippen LogP contribution in [0, 0.1) is 0 Å². The van der Waals surface area contributed by atoms with Crippen LogP contribution in [0.1, 0.15) is 25.7 Å². The fourth-order valence-corrected chi connectivity index (χ4v) is 1.53. The second-order valence-electron chi connectivity index (χ2n) is 3.16. The van der Waals surface area contributed by atoms with E-state index in [1.165, 1.54) is 12.8 Å². The lowest BCUT2D eigenvalue weighted by Crippen LogP contribution is -2.40. The molecule has 2 atom stereocenters. The van der Waals surface area contributed by atoms with Crippen molar-refractivity contribution in [2.24, 2.45) is 5.73 Å². The standard InChI is InChI=1S/C8H17FN2/c9-7(6-10)8-4-2-1-3-5-11-8/h7-8,11H,1-6,10H2. The summed E-state index contributed by atoms with van der Waals surface area (Å²) in [6, 6.07) is 0.0162. The van der Waals surface area contributed by atoms with Crippen LogP contribution >= 0.6 is 0 Å². The number of nitrogens with two attached hydrogens (primary N) is 1. The van der Waals surface area contributed by atoms with E-state index in [0.29, 0.717) is 0 Å². The number of halogens is 1. The van der Waals surface area contributed by atoms with Crippen LogP contribution in [0.4, 0.5) is 4.39 Å². The normalized spacial score (nSPS) is 29.5. The predicted molar refractivity (Wildman–Crippen MR) is 44.2 cm³/mol. The van der Waals surface area contributed by atoms with Crippen LogP contribution in [0.5, 0.6) is 0 Å². The lowest BCUT2D eigenvalue weighted by molar-refractivity contribution is 0.251. The summed E-state index contributed by atoms with van der Waals surface area (Å²) < 4.78 is 13.0. The molecule has 1 rings (SSSR count). The molecule has 2 unspecified atom stereocenters. The van der Waals surface area contributed by atoms with Gasteiger partial charge in [0.25, 0.3) is 0 Å². The van der Waals surface area contributed by atoms with E-state index >= 15 is 0 Å². The fourth-order valence-electron chi connectivity index (χ4n) is 1.53. The number of hydrogen-bond acceptors (Lipinski definition) is 2. The average molecular weight is 160 g/mol. The Morgan fingerprint density at radius 2 is 2.27 bits per heavy atom. The van der Waals surface area contributed by atoms with E-state index < -0.39 is 6.17 Å². The largest absolute Gasteiger partial charge is 0.328 e. The van der Waals surface area contributed by atoms with Gasteiger partial charge < -0.3 is 11.1 Å². The molecule has 0 aromatic heterocycles. The molecule has 0 amide bonds. The molecule has 1 fully saturated rings. The van der Waals surface area contributed by atoms with Crippen molar-refractivity contribution >= 4 is 0 Å². The van der Waals surface area contributed by atoms with Crippen LogP contribution in [0.15, 0.2) is 0 Å². The Hall–Kier alpha value is -0.150. The molecule has 0 aromatic rings. The summed E-state index contributed by atoms with van der Waals surface area (Å²) in [5.74, 6) is 0. The molecule has 0 aromatic carbocycles. The highest BCUT2D eigenvalue weighted by atomic mass is 19.1. The molecule has 0 saturated carbocycles. The van der Waals surface area contributed by atoms with Gasteiger partial charge in [-0.1, -0.05) is 12.8 Å². The van der Waals surface area contributed by atoms with Crippen molar-refractivity contribution in [2.75, 3.05) is 13.1 Å². The van der Waals surface area contributed by atoms with E-state index in [1.807, 2.05) is 0 Å². The molecule has 1 heterocycles. The summed E-state index contributed by atoms with van der Waals surface area (Å²) in [7, 11) is 0. The first-order chi connectivity index (χ1) is 5.34. The molecule has 0 spiro atoms. The van der Waals surface area contributed by atoms with Crippen molar-refractivity contribution in [1.82, 2.24) is 5.32 Å². The zero-order valence-electron chi connectivity index (χ0n) is 6.85. The molecule has 0 bridgehead atoms. The van der Waals surface area contributed by atoms with Gasteiger partial charge in [-0.25, -0.2) is 4.39 Å². The van der Waals surface area contributed by atoms with Crippen molar-refractivity contribution in [1.29, 1.82) is 0 Å².